The number of carbonyl (C=O) groups is 2. The van der Waals surface area contributed by atoms with Crippen molar-refractivity contribution < 1.29 is 14.7 Å². The first-order chi connectivity index (χ1) is 10.9. The van der Waals surface area contributed by atoms with E-state index >= 15 is 0 Å². The Balaban J connectivity index is 2.17. The quantitative estimate of drug-likeness (QED) is 0.858. The molecule has 0 fully saturated rings. The zero-order valence-corrected chi connectivity index (χ0v) is 13.5. The van der Waals surface area contributed by atoms with E-state index in [-0.39, 0.29) is 0 Å². The Bertz CT molecular complexity index is 706. The highest BCUT2D eigenvalue weighted by molar-refractivity contribution is 5.97. The molecule has 1 atom stereocenters. The van der Waals surface area contributed by atoms with Crippen molar-refractivity contribution in [1.82, 2.24) is 15.1 Å². The van der Waals surface area contributed by atoms with Gasteiger partial charge in [-0.3, -0.25) is 4.79 Å². The van der Waals surface area contributed by atoms with Crippen LogP contribution >= 0.6 is 0 Å². The Morgan fingerprint density at radius 3 is 2.39 bits per heavy atom. The summed E-state index contributed by atoms with van der Waals surface area (Å²) in [4.78, 5) is 23.7. The third-order valence-corrected chi connectivity index (χ3v) is 3.82. The molecule has 122 valence electrons. The summed E-state index contributed by atoms with van der Waals surface area (Å²) < 4.78 is 1.76. The maximum Gasteiger partial charge on any atom is 0.329 e. The molecule has 0 radical (unpaired) electrons. The van der Waals surface area contributed by atoms with Crippen molar-refractivity contribution in [2.75, 3.05) is 0 Å². The second-order valence-electron chi connectivity index (χ2n) is 5.77. The van der Waals surface area contributed by atoms with E-state index in [0.29, 0.717) is 18.4 Å². The molecule has 0 bridgehead atoms. The van der Waals surface area contributed by atoms with Gasteiger partial charge in [0.1, 0.15) is 5.54 Å². The van der Waals surface area contributed by atoms with Crippen LogP contribution in [0.15, 0.2) is 36.5 Å². The van der Waals surface area contributed by atoms with Gasteiger partial charge in [-0.15, -0.1) is 0 Å². The number of nitrogens with one attached hydrogen (secondary N) is 1. The number of rotatable bonds is 6. The van der Waals surface area contributed by atoms with E-state index in [0.717, 1.165) is 11.4 Å². The number of aryl methyl sites for hydroxylation is 1. The van der Waals surface area contributed by atoms with Gasteiger partial charge in [0.15, 0.2) is 0 Å². The average molecular weight is 315 g/mol. The number of carboxylic acid groups (broad SMARTS) is 1. The van der Waals surface area contributed by atoms with Gasteiger partial charge in [-0.2, -0.15) is 5.10 Å². The van der Waals surface area contributed by atoms with Gasteiger partial charge in [-0.1, -0.05) is 13.3 Å². The fourth-order valence-corrected chi connectivity index (χ4v) is 2.44. The third kappa shape index (κ3) is 3.59. The van der Waals surface area contributed by atoms with Crippen molar-refractivity contribution >= 4 is 11.9 Å². The number of hydrogen-bond donors (Lipinski definition) is 2. The van der Waals surface area contributed by atoms with Gasteiger partial charge < -0.3 is 10.4 Å². The molecular weight excluding hydrogens is 294 g/mol. The van der Waals surface area contributed by atoms with Crippen LogP contribution in [0.1, 0.15) is 42.7 Å². The minimum atomic E-state index is -1.26. The number of nitrogens with zero attached hydrogens (tertiary/aromatic N) is 2. The average Bonchev–Trinajstić information content (AvgIpc) is 2.93. The van der Waals surface area contributed by atoms with Gasteiger partial charge in [0.2, 0.25) is 0 Å². The molecule has 1 aromatic heterocycles. The third-order valence-electron chi connectivity index (χ3n) is 3.82. The molecule has 1 heterocycles. The van der Waals surface area contributed by atoms with Crippen molar-refractivity contribution in [1.29, 1.82) is 0 Å². The van der Waals surface area contributed by atoms with Gasteiger partial charge in [-0.05, 0) is 50.6 Å². The number of aliphatic carboxylic acids is 1. The van der Waals surface area contributed by atoms with Crippen LogP contribution in [0, 0.1) is 6.92 Å². The van der Waals surface area contributed by atoms with E-state index in [9.17, 15) is 14.7 Å². The summed E-state index contributed by atoms with van der Waals surface area (Å²) in [7, 11) is 0. The van der Waals surface area contributed by atoms with E-state index in [1.165, 1.54) is 6.92 Å². The molecule has 6 nitrogen and oxygen atoms in total. The highest BCUT2D eigenvalue weighted by Gasteiger charge is 2.34. The Morgan fingerprint density at radius 1 is 1.26 bits per heavy atom. The predicted molar refractivity (Wildman–Crippen MR) is 86.7 cm³/mol. The van der Waals surface area contributed by atoms with Crippen LogP contribution in [-0.4, -0.2) is 32.3 Å². The smallest absolute Gasteiger partial charge is 0.329 e. The van der Waals surface area contributed by atoms with E-state index in [4.69, 9.17) is 0 Å². The summed E-state index contributed by atoms with van der Waals surface area (Å²) in [5, 5.41) is 16.2. The lowest BCUT2D eigenvalue weighted by Gasteiger charge is -2.25. The van der Waals surface area contributed by atoms with Crippen molar-refractivity contribution in [3.63, 3.8) is 0 Å². The van der Waals surface area contributed by atoms with E-state index in [1.807, 2.05) is 19.9 Å². The maximum atomic E-state index is 12.3. The second kappa shape index (κ2) is 6.64. The molecular formula is C17H21N3O3. The van der Waals surface area contributed by atoms with Gasteiger partial charge in [0, 0.05) is 17.5 Å². The first kappa shape index (κ1) is 16.7. The number of aromatic nitrogens is 2. The van der Waals surface area contributed by atoms with Crippen LogP contribution in [0.5, 0.6) is 0 Å². The van der Waals surface area contributed by atoms with Crippen LogP contribution < -0.4 is 5.32 Å². The van der Waals surface area contributed by atoms with Crippen molar-refractivity contribution in [3.8, 4) is 5.69 Å². The molecule has 0 aliphatic rings. The fraction of sp³-hybridized carbons (Fsp3) is 0.353. The largest absolute Gasteiger partial charge is 0.480 e. The van der Waals surface area contributed by atoms with Crippen molar-refractivity contribution in [2.45, 2.75) is 39.2 Å². The molecule has 2 rings (SSSR count). The molecule has 0 aliphatic carbocycles. The number of carbonyl (C=O) groups excluding carboxylic acids is 1. The summed E-state index contributed by atoms with van der Waals surface area (Å²) >= 11 is 0. The normalized spacial score (nSPS) is 13.3. The van der Waals surface area contributed by atoms with Crippen molar-refractivity contribution in [3.05, 3.63) is 47.8 Å². The Labute approximate surface area is 135 Å². The Hall–Kier alpha value is -2.63. The van der Waals surface area contributed by atoms with Crippen LogP contribution in [0.4, 0.5) is 0 Å². The van der Waals surface area contributed by atoms with Crippen LogP contribution in [0.25, 0.3) is 5.69 Å². The predicted octanol–water partition coefficient (Wildman–Crippen LogP) is 2.55. The van der Waals surface area contributed by atoms with Crippen LogP contribution in [-0.2, 0) is 4.79 Å². The SMILES string of the molecule is CCCC(C)(NC(=O)c1ccc(-n2nccc2C)cc1)C(=O)O. The number of hydrogen-bond acceptors (Lipinski definition) is 3. The summed E-state index contributed by atoms with van der Waals surface area (Å²) in [5.74, 6) is -1.43. The fourth-order valence-electron chi connectivity index (χ4n) is 2.44. The number of amides is 1. The van der Waals surface area contributed by atoms with Gasteiger partial charge in [0.05, 0.1) is 5.69 Å². The molecule has 1 aromatic carbocycles. The number of carboxylic acids is 1. The first-order valence-electron chi connectivity index (χ1n) is 7.54. The molecule has 1 amide bonds. The summed E-state index contributed by atoms with van der Waals surface area (Å²) in [6, 6.07) is 8.79. The lowest BCUT2D eigenvalue weighted by Crippen LogP contribution is -2.52. The van der Waals surface area contributed by atoms with Crippen molar-refractivity contribution in [2.24, 2.45) is 0 Å². The standard InChI is InChI=1S/C17H21N3O3/c1-4-10-17(3,16(22)23)19-15(21)13-5-7-14(8-6-13)20-12(2)9-11-18-20/h5-9,11H,4,10H2,1-3H3,(H,19,21)(H,22,23). The topological polar surface area (TPSA) is 84.2 Å². The van der Waals surface area contributed by atoms with Gasteiger partial charge in [-0.25, -0.2) is 9.48 Å². The molecule has 0 spiro atoms. The van der Waals surface area contributed by atoms with Crippen LogP contribution in [0.2, 0.25) is 0 Å². The molecule has 6 heteroatoms. The minimum absolute atomic E-state index is 0.374. The summed E-state index contributed by atoms with van der Waals surface area (Å²) in [5.41, 5.74) is 0.993. The van der Waals surface area contributed by atoms with E-state index in [1.54, 1.807) is 35.1 Å². The number of benzene rings is 1. The zero-order valence-electron chi connectivity index (χ0n) is 13.5. The monoisotopic (exact) mass is 315 g/mol. The zero-order chi connectivity index (χ0) is 17.0. The first-order valence-corrected chi connectivity index (χ1v) is 7.54. The molecule has 2 N–H and O–H groups in total. The summed E-state index contributed by atoms with van der Waals surface area (Å²) in [6.45, 7) is 5.35. The minimum Gasteiger partial charge on any atom is -0.480 e. The lowest BCUT2D eigenvalue weighted by molar-refractivity contribution is -0.144. The highest BCUT2D eigenvalue weighted by Crippen LogP contribution is 2.15. The molecule has 23 heavy (non-hydrogen) atoms. The second-order valence-corrected chi connectivity index (χ2v) is 5.77. The lowest BCUT2D eigenvalue weighted by atomic mass is 9.95. The summed E-state index contributed by atoms with van der Waals surface area (Å²) in [6.07, 6.45) is 2.75. The van der Waals surface area contributed by atoms with Gasteiger partial charge in [0.25, 0.3) is 5.91 Å². The molecule has 0 saturated carbocycles. The molecule has 0 aliphatic heterocycles. The Morgan fingerprint density at radius 2 is 1.91 bits per heavy atom. The van der Waals surface area contributed by atoms with E-state index in [2.05, 4.69) is 10.4 Å². The van der Waals surface area contributed by atoms with Crippen LogP contribution in [0.3, 0.4) is 0 Å². The maximum absolute atomic E-state index is 12.3. The van der Waals surface area contributed by atoms with Gasteiger partial charge >= 0.3 is 5.97 Å². The molecule has 1 unspecified atom stereocenters. The Kier molecular flexibility index (Phi) is 4.83. The highest BCUT2D eigenvalue weighted by atomic mass is 16.4. The molecule has 2 aromatic rings. The van der Waals surface area contributed by atoms with E-state index < -0.39 is 17.4 Å². The molecule has 0 saturated heterocycles.